The number of ether oxygens (including phenoxy) is 1. The first-order valence-corrected chi connectivity index (χ1v) is 8.01. The molecule has 1 aromatic rings. The minimum absolute atomic E-state index is 0.0882. The van der Waals surface area contributed by atoms with Gasteiger partial charge in [-0.05, 0) is 62.3 Å². The zero-order valence-corrected chi connectivity index (χ0v) is 14.0. The van der Waals surface area contributed by atoms with Gasteiger partial charge in [-0.2, -0.15) is 0 Å². The topological polar surface area (TPSA) is 46.5 Å². The summed E-state index contributed by atoms with van der Waals surface area (Å²) < 4.78 is 5.28. The maximum atomic E-state index is 11.7. The van der Waals surface area contributed by atoms with Gasteiger partial charge in [0.2, 0.25) is 0 Å². The zero-order chi connectivity index (χ0) is 16.3. The van der Waals surface area contributed by atoms with Crippen LogP contribution < -0.4 is 4.74 Å². The second kappa shape index (κ2) is 6.55. The molecule has 1 aliphatic rings. The SMILES string of the molecule is CCCC(C1=Cc2ccc(OC)cc2CC1)C(C)(C)C(=O)O. The van der Waals surface area contributed by atoms with Gasteiger partial charge in [0.1, 0.15) is 5.75 Å². The quantitative estimate of drug-likeness (QED) is 0.838. The van der Waals surface area contributed by atoms with Gasteiger partial charge in [0.25, 0.3) is 0 Å². The Labute approximate surface area is 133 Å². The van der Waals surface area contributed by atoms with E-state index < -0.39 is 11.4 Å². The summed E-state index contributed by atoms with van der Waals surface area (Å²) in [5.41, 5.74) is 3.02. The lowest BCUT2D eigenvalue weighted by Gasteiger charge is -2.34. The summed E-state index contributed by atoms with van der Waals surface area (Å²) in [4.78, 5) is 11.7. The van der Waals surface area contributed by atoms with Crippen LogP contribution in [0.4, 0.5) is 0 Å². The van der Waals surface area contributed by atoms with Crippen molar-refractivity contribution in [3.8, 4) is 5.75 Å². The van der Waals surface area contributed by atoms with E-state index in [9.17, 15) is 9.90 Å². The molecule has 0 bridgehead atoms. The van der Waals surface area contributed by atoms with Gasteiger partial charge in [0.05, 0.1) is 12.5 Å². The van der Waals surface area contributed by atoms with Crippen LogP contribution in [0.2, 0.25) is 0 Å². The summed E-state index contributed by atoms with van der Waals surface area (Å²) >= 11 is 0. The van der Waals surface area contributed by atoms with Crippen molar-refractivity contribution in [1.82, 2.24) is 0 Å². The van der Waals surface area contributed by atoms with Crippen LogP contribution in [0.5, 0.6) is 5.75 Å². The lowest BCUT2D eigenvalue weighted by molar-refractivity contribution is -0.149. The fraction of sp³-hybridized carbons (Fsp3) is 0.526. The number of aliphatic carboxylic acids is 1. The highest BCUT2D eigenvalue weighted by Crippen LogP contribution is 2.41. The monoisotopic (exact) mass is 302 g/mol. The molecular formula is C19H26O3. The molecule has 22 heavy (non-hydrogen) atoms. The number of rotatable bonds is 6. The van der Waals surface area contributed by atoms with Crippen LogP contribution in [-0.4, -0.2) is 18.2 Å². The van der Waals surface area contributed by atoms with E-state index in [1.165, 1.54) is 16.7 Å². The van der Waals surface area contributed by atoms with Crippen LogP contribution in [0.3, 0.4) is 0 Å². The highest BCUT2D eigenvalue weighted by Gasteiger charge is 2.38. The number of allylic oxidation sites excluding steroid dienone is 1. The predicted octanol–water partition coefficient (Wildman–Crippen LogP) is 4.55. The molecule has 0 spiro atoms. The molecule has 1 aliphatic carbocycles. The second-order valence-corrected chi connectivity index (χ2v) is 6.65. The Morgan fingerprint density at radius 1 is 1.36 bits per heavy atom. The molecular weight excluding hydrogens is 276 g/mol. The van der Waals surface area contributed by atoms with Crippen molar-refractivity contribution in [3.05, 3.63) is 34.9 Å². The molecule has 3 heteroatoms. The Morgan fingerprint density at radius 2 is 2.09 bits per heavy atom. The fourth-order valence-electron chi connectivity index (χ4n) is 3.34. The molecule has 3 nitrogen and oxygen atoms in total. The Balaban J connectivity index is 2.37. The molecule has 0 saturated carbocycles. The Kier molecular flexibility index (Phi) is 4.94. The number of carboxylic acid groups (broad SMARTS) is 1. The van der Waals surface area contributed by atoms with Crippen molar-refractivity contribution in [2.75, 3.05) is 7.11 Å². The van der Waals surface area contributed by atoms with E-state index in [2.05, 4.69) is 25.1 Å². The third-order valence-electron chi connectivity index (χ3n) is 4.82. The summed E-state index contributed by atoms with van der Waals surface area (Å²) in [6, 6.07) is 6.12. The zero-order valence-electron chi connectivity index (χ0n) is 14.0. The number of aryl methyl sites for hydroxylation is 1. The average Bonchev–Trinajstić information content (AvgIpc) is 2.51. The summed E-state index contributed by atoms with van der Waals surface area (Å²) in [6.07, 6.45) is 5.99. The van der Waals surface area contributed by atoms with Crippen LogP contribution in [0.1, 0.15) is 51.2 Å². The highest BCUT2D eigenvalue weighted by molar-refractivity contribution is 5.75. The third-order valence-corrected chi connectivity index (χ3v) is 4.82. The van der Waals surface area contributed by atoms with Crippen LogP contribution in [0.15, 0.2) is 23.8 Å². The van der Waals surface area contributed by atoms with Gasteiger partial charge < -0.3 is 9.84 Å². The number of fused-ring (bicyclic) bond motifs is 1. The predicted molar refractivity (Wildman–Crippen MR) is 89.1 cm³/mol. The molecule has 1 atom stereocenters. The average molecular weight is 302 g/mol. The minimum Gasteiger partial charge on any atom is -0.497 e. The van der Waals surface area contributed by atoms with Crippen LogP contribution in [0, 0.1) is 11.3 Å². The normalized spacial score (nSPS) is 15.7. The first kappa shape index (κ1) is 16.6. The lowest BCUT2D eigenvalue weighted by Crippen LogP contribution is -2.34. The number of hydrogen-bond acceptors (Lipinski definition) is 2. The van der Waals surface area contributed by atoms with E-state index in [0.29, 0.717) is 0 Å². The molecule has 1 aromatic carbocycles. The molecule has 0 fully saturated rings. The van der Waals surface area contributed by atoms with Gasteiger partial charge in [-0.3, -0.25) is 4.79 Å². The number of methoxy groups -OCH3 is 1. The maximum Gasteiger partial charge on any atom is 0.309 e. The number of carbonyl (C=O) groups is 1. The molecule has 0 heterocycles. The first-order chi connectivity index (χ1) is 10.4. The number of carboxylic acids is 1. The molecule has 120 valence electrons. The summed E-state index contributed by atoms with van der Waals surface area (Å²) in [5, 5.41) is 9.59. The van der Waals surface area contributed by atoms with Gasteiger partial charge in [-0.15, -0.1) is 0 Å². The van der Waals surface area contributed by atoms with E-state index in [1.54, 1.807) is 7.11 Å². The van der Waals surface area contributed by atoms with Crippen molar-refractivity contribution in [3.63, 3.8) is 0 Å². The summed E-state index contributed by atoms with van der Waals surface area (Å²) in [7, 11) is 1.68. The molecule has 0 amide bonds. The van der Waals surface area contributed by atoms with E-state index in [1.807, 2.05) is 19.9 Å². The highest BCUT2D eigenvalue weighted by atomic mass is 16.5. The van der Waals surface area contributed by atoms with Crippen molar-refractivity contribution >= 4 is 12.0 Å². The molecule has 1 unspecified atom stereocenters. The Morgan fingerprint density at radius 3 is 2.68 bits per heavy atom. The van der Waals surface area contributed by atoms with E-state index in [4.69, 9.17) is 4.74 Å². The van der Waals surface area contributed by atoms with Crippen molar-refractivity contribution < 1.29 is 14.6 Å². The summed E-state index contributed by atoms with van der Waals surface area (Å²) in [5.74, 6) is 0.254. The number of hydrogen-bond donors (Lipinski definition) is 1. The molecule has 0 aliphatic heterocycles. The second-order valence-electron chi connectivity index (χ2n) is 6.65. The summed E-state index contributed by atoms with van der Waals surface area (Å²) in [6.45, 7) is 5.81. The van der Waals surface area contributed by atoms with Crippen LogP contribution >= 0.6 is 0 Å². The van der Waals surface area contributed by atoms with E-state index in [-0.39, 0.29) is 5.92 Å². The molecule has 1 N–H and O–H groups in total. The van der Waals surface area contributed by atoms with Gasteiger partial charge >= 0.3 is 5.97 Å². The Hall–Kier alpha value is -1.77. The Bertz CT molecular complexity index is 584. The van der Waals surface area contributed by atoms with Crippen LogP contribution in [0.25, 0.3) is 6.08 Å². The van der Waals surface area contributed by atoms with Gasteiger partial charge in [-0.1, -0.05) is 31.1 Å². The maximum absolute atomic E-state index is 11.7. The van der Waals surface area contributed by atoms with E-state index >= 15 is 0 Å². The van der Waals surface area contributed by atoms with Crippen LogP contribution in [-0.2, 0) is 11.2 Å². The molecule has 0 radical (unpaired) electrons. The van der Waals surface area contributed by atoms with Crippen molar-refractivity contribution in [1.29, 1.82) is 0 Å². The fourth-order valence-corrected chi connectivity index (χ4v) is 3.34. The smallest absolute Gasteiger partial charge is 0.309 e. The van der Waals surface area contributed by atoms with Gasteiger partial charge in [0.15, 0.2) is 0 Å². The molecule has 0 saturated heterocycles. The lowest BCUT2D eigenvalue weighted by atomic mass is 9.69. The van der Waals surface area contributed by atoms with Gasteiger partial charge in [0, 0.05) is 0 Å². The van der Waals surface area contributed by atoms with E-state index in [0.717, 1.165) is 31.4 Å². The minimum atomic E-state index is -0.730. The number of benzene rings is 1. The van der Waals surface area contributed by atoms with Gasteiger partial charge in [-0.25, -0.2) is 0 Å². The first-order valence-electron chi connectivity index (χ1n) is 8.01. The molecule has 2 rings (SSSR count). The third kappa shape index (κ3) is 3.18. The van der Waals surface area contributed by atoms with Crippen molar-refractivity contribution in [2.24, 2.45) is 11.3 Å². The molecule has 0 aromatic heterocycles. The standard InChI is InChI=1S/C19H26O3/c1-5-6-17(19(2,3)18(20)21)15-8-7-14-12-16(22-4)10-9-13(14)11-15/h9-12,17H,5-8H2,1-4H3,(H,20,21). The van der Waals surface area contributed by atoms with Crippen molar-refractivity contribution in [2.45, 2.75) is 46.5 Å². The largest absolute Gasteiger partial charge is 0.497 e.